The van der Waals surface area contributed by atoms with E-state index in [4.69, 9.17) is 14.2 Å². The van der Waals surface area contributed by atoms with E-state index < -0.39 is 11.4 Å². The van der Waals surface area contributed by atoms with Gasteiger partial charge >= 0.3 is 5.97 Å². The van der Waals surface area contributed by atoms with Crippen molar-refractivity contribution in [3.63, 3.8) is 0 Å². The van der Waals surface area contributed by atoms with Crippen molar-refractivity contribution in [2.24, 2.45) is 5.41 Å². The van der Waals surface area contributed by atoms with E-state index in [1.54, 1.807) is 45.0 Å². The van der Waals surface area contributed by atoms with Gasteiger partial charge in [0.1, 0.15) is 12.7 Å². The van der Waals surface area contributed by atoms with Crippen LogP contribution in [0.4, 0.5) is 0 Å². The van der Waals surface area contributed by atoms with Gasteiger partial charge in [-0.25, -0.2) is 4.79 Å². The number of hydrogen-bond acceptors (Lipinski definition) is 7. The van der Waals surface area contributed by atoms with Crippen molar-refractivity contribution in [3.8, 4) is 11.5 Å². The number of ketones is 1. The number of benzene rings is 2. The molecule has 0 saturated carbocycles. The van der Waals surface area contributed by atoms with E-state index in [0.29, 0.717) is 35.1 Å². The van der Waals surface area contributed by atoms with Crippen LogP contribution >= 0.6 is 11.8 Å². The Hall–Kier alpha value is -3.00. The molecule has 1 atom stereocenters. The molecule has 1 amide bonds. The van der Waals surface area contributed by atoms with Crippen molar-refractivity contribution in [1.82, 2.24) is 5.32 Å². The van der Waals surface area contributed by atoms with Crippen LogP contribution in [-0.4, -0.2) is 49.3 Å². The zero-order valence-corrected chi connectivity index (χ0v) is 19.2. The second kappa shape index (κ2) is 10.5. The molecular weight excluding hydrogens is 430 g/mol. The molecule has 8 heteroatoms. The van der Waals surface area contributed by atoms with Crippen LogP contribution < -0.4 is 14.8 Å². The predicted octanol–water partition coefficient (Wildman–Crippen LogP) is 3.51. The third-order valence-electron chi connectivity index (χ3n) is 4.73. The Morgan fingerprint density at radius 3 is 2.50 bits per heavy atom. The van der Waals surface area contributed by atoms with Crippen LogP contribution in [0.5, 0.6) is 11.5 Å². The normalized spacial score (nSPS) is 15.0. The molecule has 170 valence electrons. The van der Waals surface area contributed by atoms with E-state index in [2.05, 4.69) is 5.32 Å². The summed E-state index contributed by atoms with van der Waals surface area (Å²) in [4.78, 5) is 37.4. The molecule has 0 bridgehead atoms. The molecule has 2 aromatic rings. The third-order valence-corrected chi connectivity index (χ3v) is 5.80. The molecular formula is C24H27NO6S. The second-order valence-corrected chi connectivity index (χ2v) is 9.35. The first kappa shape index (κ1) is 23.7. The number of thioether (sulfide) groups is 1. The Kier molecular flexibility index (Phi) is 7.80. The summed E-state index contributed by atoms with van der Waals surface area (Å²) in [5.74, 6) is 0.533. The summed E-state index contributed by atoms with van der Waals surface area (Å²) in [6.07, 6.45) is -0.276. The van der Waals surface area contributed by atoms with Crippen LogP contribution in [0.15, 0.2) is 53.4 Å². The lowest BCUT2D eigenvalue weighted by Crippen LogP contribution is -2.41. The van der Waals surface area contributed by atoms with Gasteiger partial charge in [0, 0.05) is 10.3 Å². The number of nitrogens with one attached hydrogen (secondary N) is 1. The second-order valence-electron chi connectivity index (χ2n) is 8.34. The summed E-state index contributed by atoms with van der Waals surface area (Å²) in [6.45, 7) is 5.70. The van der Waals surface area contributed by atoms with Gasteiger partial charge in [-0.2, -0.15) is 0 Å². The van der Waals surface area contributed by atoms with Gasteiger partial charge in [0.2, 0.25) is 5.91 Å². The third kappa shape index (κ3) is 6.50. The molecule has 0 fully saturated rings. The standard InChI is InChI=1S/C24H27NO6S/c1-24(2,3)21(26)14-30-23(28)17-8-4-7-11-20(17)32-15-22(27)25-12-16-13-29-18-9-5-6-10-19(18)31-16/h4-11,16H,12-15H2,1-3H3,(H,25,27)/t16-/m1/s1. The minimum atomic E-state index is -0.586. The van der Waals surface area contributed by atoms with Gasteiger partial charge in [-0.1, -0.05) is 45.0 Å². The van der Waals surface area contributed by atoms with Gasteiger partial charge in [0.05, 0.1) is 17.9 Å². The summed E-state index contributed by atoms with van der Waals surface area (Å²) in [5.41, 5.74) is -0.255. The first-order chi connectivity index (χ1) is 15.2. The zero-order chi connectivity index (χ0) is 23.1. The number of carbonyl (C=O) groups excluding carboxylic acids is 3. The highest BCUT2D eigenvalue weighted by Gasteiger charge is 2.24. The summed E-state index contributed by atoms with van der Waals surface area (Å²) >= 11 is 1.23. The molecule has 3 rings (SSSR count). The largest absolute Gasteiger partial charge is 0.486 e. The lowest BCUT2D eigenvalue weighted by Gasteiger charge is -2.26. The number of rotatable bonds is 8. The van der Waals surface area contributed by atoms with Gasteiger partial charge in [0.15, 0.2) is 23.9 Å². The van der Waals surface area contributed by atoms with Crippen molar-refractivity contribution in [1.29, 1.82) is 0 Å². The predicted molar refractivity (Wildman–Crippen MR) is 121 cm³/mol. The molecule has 0 radical (unpaired) electrons. The summed E-state index contributed by atoms with van der Waals surface area (Å²) < 4.78 is 16.7. The van der Waals surface area contributed by atoms with Crippen LogP contribution in [0.3, 0.4) is 0 Å². The zero-order valence-electron chi connectivity index (χ0n) is 18.4. The average molecular weight is 458 g/mol. The highest BCUT2D eigenvalue weighted by molar-refractivity contribution is 8.00. The highest BCUT2D eigenvalue weighted by atomic mass is 32.2. The molecule has 1 heterocycles. The van der Waals surface area contributed by atoms with Gasteiger partial charge in [0.25, 0.3) is 0 Å². The first-order valence-electron chi connectivity index (χ1n) is 10.3. The lowest BCUT2D eigenvalue weighted by molar-refractivity contribution is -0.129. The van der Waals surface area contributed by atoms with Crippen LogP contribution in [0, 0.1) is 5.41 Å². The fourth-order valence-corrected chi connectivity index (χ4v) is 3.64. The highest BCUT2D eigenvalue weighted by Crippen LogP contribution is 2.30. The molecule has 0 spiro atoms. The molecule has 1 aliphatic heterocycles. The van der Waals surface area contributed by atoms with Gasteiger partial charge in [-0.3, -0.25) is 9.59 Å². The van der Waals surface area contributed by atoms with E-state index in [-0.39, 0.29) is 30.2 Å². The Balaban J connectivity index is 1.48. The summed E-state index contributed by atoms with van der Waals surface area (Å²) in [5, 5.41) is 2.83. The van der Waals surface area contributed by atoms with Crippen LogP contribution in [0.1, 0.15) is 31.1 Å². The van der Waals surface area contributed by atoms with Crippen molar-refractivity contribution in [2.75, 3.05) is 25.5 Å². The monoisotopic (exact) mass is 457 g/mol. The van der Waals surface area contributed by atoms with Gasteiger partial charge in [-0.05, 0) is 24.3 Å². The Morgan fingerprint density at radius 1 is 1.06 bits per heavy atom. The van der Waals surface area contributed by atoms with E-state index in [9.17, 15) is 14.4 Å². The number of esters is 1. The maximum absolute atomic E-state index is 12.5. The Labute approximate surface area is 191 Å². The van der Waals surface area contributed by atoms with Crippen molar-refractivity contribution < 1.29 is 28.6 Å². The lowest BCUT2D eigenvalue weighted by atomic mass is 9.91. The van der Waals surface area contributed by atoms with Crippen LogP contribution in [0.25, 0.3) is 0 Å². The quantitative estimate of drug-likeness (QED) is 0.479. The molecule has 32 heavy (non-hydrogen) atoms. The van der Waals surface area contributed by atoms with Crippen LogP contribution in [-0.2, 0) is 14.3 Å². The number of carbonyl (C=O) groups is 3. The number of amides is 1. The summed E-state index contributed by atoms with van der Waals surface area (Å²) in [6, 6.07) is 14.3. The van der Waals surface area contributed by atoms with Crippen molar-refractivity contribution >= 4 is 29.4 Å². The minimum Gasteiger partial charge on any atom is -0.486 e. The SMILES string of the molecule is CC(C)(C)C(=O)COC(=O)c1ccccc1SCC(=O)NC[C@@H]1COc2ccccc2O1. The molecule has 7 nitrogen and oxygen atoms in total. The first-order valence-corrected chi connectivity index (χ1v) is 11.3. The van der Waals surface area contributed by atoms with Crippen molar-refractivity contribution in [2.45, 2.75) is 31.8 Å². The minimum absolute atomic E-state index is 0.120. The Bertz CT molecular complexity index is 984. The molecule has 0 unspecified atom stereocenters. The number of hydrogen-bond donors (Lipinski definition) is 1. The topological polar surface area (TPSA) is 90.9 Å². The van der Waals surface area contributed by atoms with E-state index in [0.717, 1.165) is 0 Å². The molecule has 0 saturated heterocycles. The maximum atomic E-state index is 12.5. The van der Waals surface area contributed by atoms with Gasteiger partial charge < -0.3 is 19.5 Å². The maximum Gasteiger partial charge on any atom is 0.339 e. The molecule has 2 aromatic carbocycles. The Morgan fingerprint density at radius 2 is 1.75 bits per heavy atom. The van der Waals surface area contributed by atoms with E-state index in [1.165, 1.54) is 11.8 Å². The number of para-hydroxylation sites is 2. The average Bonchev–Trinajstić information content (AvgIpc) is 2.79. The van der Waals surface area contributed by atoms with Crippen molar-refractivity contribution in [3.05, 3.63) is 54.1 Å². The molecule has 0 aromatic heterocycles. The molecule has 0 aliphatic carbocycles. The van der Waals surface area contributed by atoms with Gasteiger partial charge in [-0.15, -0.1) is 11.8 Å². The molecule has 1 N–H and O–H groups in total. The number of fused-ring (bicyclic) bond motifs is 1. The fourth-order valence-electron chi connectivity index (χ4n) is 2.77. The fraction of sp³-hybridized carbons (Fsp3) is 0.375. The number of Topliss-reactive ketones (excluding diaryl/α,β-unsaturated/α-hetero) is 1. The molecule has 1 aliphatic rings. The van der Waals surface area contributed by atoms with Crippen LogP contribution in [0.2, 0.25) is 0 Å². The smallest absolute Gasteiger partial charge is 0.339 e. The number of ether oxygens (including phenoxy) is 3. The summed E-state index contributed by atoms with van der Waals surface area (Å²) in [7, 11) is 0. The van der Waals surface area contributed by atoms with E-state index >= 15 is 0 Å². The van der Waals surface area contributed by atoms with E-state index in [1.807, 2.05) is 24.3 Å².